The predicted octanol–water partition coefficient (Wildman–Crippen LogP) is 2.12. The zero-order chi connectivity index (χ0) is 11.7. The number of ketones is 1. The monoisotopic (exact) mass is 285 g/mol. The van der Waals surface area contributed by atoms with Crippen molar-refractivity contribution in [3.8, 4) is 5.75 Å². The van der Waals surface area contributed by atoms with Gasteiger partial charge in [-0.05, 0) is 12.1 Å². The summed E-state index contributed by atoms with van der Waals surface area (Å²) in [5.41, 5.74) is 0.844. The Morgan fingerprint density at radius 1 is 1.56 bits per heavy atom. The SMILES string of the molecule is O=C(O)Nc1ccc2c(c1)OCC(Br)C2=O. The summed E-state index contributed by atoms with van der Waals surface area (Å²) in [6.07, 6.45) is -1.15. The number of amides is 1. The van der Waals surface area contributed by atoms with Gasteiger partial charge >= 0.3 is 6.09 Å². The Morgan fingerprint density at radius 3 is 3.00 bits per heavy atom. The summed E-state index contributed by atoms with van der Waals surface area (Å²) in [6, 6.07) is 4.58. The molecule has 0 fully saturated rings. The standard InChI is InChI=1S/C10H8BrNO4/c11-7-4-16-8-3-5(12-10(14)15)1-2-6(8)9(7)13/h1-3,7,12H,4H2,(H,14,15). The molecule has 1 heterocycles. The molecule has 16 heavy (non-hydrogen) atoms. The number of nitrogens with one attached hydrogen (secondary N) is 1. The van der Waals surface area contributed by atoms with E-state index in [1.165, 1.54) is 12.1 Å². The van der Waals surface area contributed by atoms with Crippen LogP contribution in [0.25, 0.3) is 0 Å². The lowest BCUT2D eigenvalue weighted by atomic mass is 10.0. The van der Waals surface area contributed by atoms with Gasteiger partial charge in [0.25, 0.3) is 0 Å². The van der Waals surface area contributed by atoms with Gasteiger partial charge in [0.05, 0.1) is 5.56 Å². The highest BCUT2D eigenvalue weighted by molar-refractivity contribution is 9.10. The van der Waals surface area contributed by atoms with Crippen LogP contribution in [0.1, 0.15) is 10.4 Å². The molecule has 0 aromatic heterocycles. The van der Waals surface area contributed by atoms with Crippen LogP contribution in [0.2, 0.25) is 0 Å². The molecule has 1 aromatic carbocycles. The summed E-state index contributed by atoms with van der Waals surface area (Å²) in [4.78, 5) is 21.8. The molecule has 1 aromatic rings. The number of hydrogen-bond acceptors (Lipinski definition) is 3. The third kappa shape index (κ3) is 2.01. The summed E-state index contributed by atoms with van der Waals surface area (Å²) in [6.45, 7) is 0.252. The quantitative estimate of drug-likeness (QED) is 0.775. The first-order valence-electron chi connectivity index (χ1n) is 4.53. The van der Waals surface area contributed by atoms with Crippen LogP contribution < -0.4 is 10.1 Å². The van der Waals surface area contributed by atoms with Crippen molar-refractivity contribution < 1.29 is 19.4 Å². The van der Waals surface area contributed by atoms with E-state index in [1.807, 2.05) is 0 Å². The first kappa shape index (κ1) is 10.9. The fourth-order valence-electron chi connectivity index (χ4n) is 1.45. The molecule has 1 aliphatic heterocycles. The van der Waals surface area contributed by atoms with Gasteiger partial charge < -0.3 is 9.84 Å². The number of hydrogen-bond donors (Lipinski definition) is 2. The zero-order valence-corrected chi connectivity index (χ0v) is 9.65. The van der Waals surface area contributed by atoms with Crippen molar-refractivity contribution >= 4 is 33.5 Å². The maximum absolute atomic E-state index is 11.7. The highest BCUT2D eigenvalue weighted by Crippen LogP contribution is 2.30. The highest BCUT2D eigenvalue weighted by atomic mass is 79.9. The molecular formula is C10H8BrNO4. The van der Waals surface area contributed by atoms with E-state index in [2.05, 4.69) is 21.2 Å². The Bertz CT molecular complexity index is 460. The fraction of sp³-hybridized carbons (Fsp3) is 0.200. The molecule has 84 valence electrons. The van der Waals surface area contributed by atoms with Gasteiger partial charge in [0.1, 0.15) is 17.2 Å². The van der Waals surface area contributed by atoms with Gasteiger partial charge in [-0.3, -0.25) is 10.1 Å². The average Bonchev–Trinajstić information content (AvgIpc) is 2.23. The number of alkyl halides is 1. The van der Waals surface area contributed by atoms with E-state index in [1.54, 1.807) is 6.07 Å². The Kier molecular flexibility index (Phi) is 2.82. The number of fused-ring (bicyclic) bond motifs is 1. The number of carbonyl (C=O) groups is 2. The van der Waals surface area contributed by atoms with Crippen LogP contribution in [0.4, 0.5) is 10.5 Å². The van der Waals surface area contributed by atoms with Crippen molar-refractivity contribution in [3.63, 3.8) is 0 Å². The van der Waals surface area contributed by atoms with Crippen molar-refractivity contribution in [1.82, 2.24) is 0 Å². The predicted molar refractivity (Wildman–Crippen MR) is 60.6 cm³/mol. The van der Waals surface area contributed by atoms with Gasteiger partial charge in [-0.25, -0.2) is 4.79 Å². The largest absolute Gasteiger partial charge is 0.491 e. The molecule has 1 atom stereocenters. The second kappa shape index (κ2) is 4.13. The fourth-order valence-corrected chi connectivity index (χ4v) is 1.83. The molecule has 0 radical (unpaired) electrons. The maximum atomic E-state index is 11.7. The lowest BCUT2D eigenvalue weighted by molar-refractivity contribution is 0.0946. The molecule has 2 N–H and O–H groups in total. The molecule has 0 aliphatic carbocycles. The lowest BCUT2D eigenvalue weighted by Gasteiger charge is -2.20. The van der Waals surface area contributed by atoms with Crippen molar-refractivity contribution in [1.29, 1.82) is 0 Å². The first-order valence-corrected chi connectivity index (χ1v) is 5.44. The van der Waals surface area contributed by atoms with Gasteiger partial charge in [0, 0.05) is 11.8 Å². The van der Waals surface area contributed by atoms with Crippen molar-refractivity contribution in [2.75, 3.05) is 11.9 Å². The van der Waals surface area contributed by atoms with Crippen LogP contribution in [-0.2, 0) is 0 Å². The second-order valence-corrected chi connectivity index (χ2v) is 4.39. The number of ether oxygens (including phenoxy) is 1. The third-order valence-corrected chi connectivity index (χ3v) is 2.85. The van der Waals surface area contributed by atoms with Crippen LogP contribution in [-0.4, -0.2) is 28.4 Å². The van der Waals surface area contributed by atoms with E-state index in [0.29, 0.717) is 17.0 Å². The number of benzene rings is 1. The van der Waals surface area contributed by atoms with E-state index in [0.717, 1.165) is 0 Å². The minimum absolute atomic E-state index is 0.0527. The molecule has 0 spiro atoms. The topological polar surface area (TPSA) is 75.6 Å². The van der Waals surface area contributed by atoms with Crippen LogP contribution in [0.5, 0.6) is 5.75 Å². The molecule has 1 amide bonds. The van der Waals surface area contributed by atoms with E-state index in [9.17, 15) is 9.59 Å². The molecule has 2 rings (SSSR count). The summed E-state index contributed by atoms with van der Waals surface area (Å²) in [7, 11) is 0. The molecule has 0 saturated carbocycles. The van der Waals surface area contributed by atoms with Gasteiger partial charge in [-0.2, -0.15) is 0 Å². The normalized spacial score (nSPS) is 18.6. The van der Waals surface area contributed by atoms with Crippen LogP contribution in [0, 0.1) is 0 Å². The number of Topliss-reactive ketones (excluding diaryl/α,β-unsaturated/α-hetero) is 1. The Balaban J connectivity index is 2.33. The summed E-state index contributed by atoms with van der Waals surface area (Å²) < 4.78 is 5.33. The van der Waals surface area contributed by atoms with Gasteiger partial charge in [-0.15, -0.1) is 0 Å². The number of rotatable bonds is 1. The molecule has 6 heteroatoms. The van der Waals surface area contributed by atoms with Crippen molar-refractivity contribution in [3.05, 3.63) is 23.8 Å². The summed E-state index contributed by atoms with van der Waals surface area (Å²) >= 11 is 3.20. The number of anilines is 1. The number of halogens is 1. The lowest BCUT2D eigenvalue weighted by Crippen LogP contribution is -2.27. The first-order chi connectivity index (χ1) is 7.58. The second-order valence-electron chi connectivity index (χ2n) is 3.28. The van der Waals surface area contributed by atoms with Crippen LogP contribution in [0.3, 0.4) is 0 Å². The van der Waals surface area contributed by atoms with E-state index < -0.39 is 6.09 Å². The Morgan fingerprint density at radius 2 is 2.31 bits per heavy atom. The molecule has 0 saturated heterocycles. The van der Waals surface area contributed by atoms with E-state index in [-0.39, 0.29) is 17.2 Å². The van der Waals surface area contributed by atoms with E-state index in [4.69, 9.17) is 9.84 Å². The molecule has 0 bridgehead atoms. The molecule has 5 nitrogen and oxygen atoms in total. The highest BCUT2D eigenvalue weighted by Gasteiger charge is 2.26. The molecule has 1 aliphatic rings. The molecule has 1 unspecified atom stereocenters. The van der Waals surface area contributed by atoms with Gasteiger partial charge in [-0.1, -0.05) is 15.9 Å². The van der Waals surface area contributed by atoms with Crippen molar-refractivity contribution in [2.45, 2.75) is 4.83 Å². The van der Waals surface area contributed by atoms with Crippen LogP contribution >= 0.6 is 15.9 Å². The summed E-state index contributed by atoms with van der Waals surface area (Å²) in [5.74, 6) is 0.357. The van der Waals surface area contributed by atoms with Gasteiger partial charge in [0.2, 0.25) is 0 Å². The summed E-state index contributed by atoms with van der Waals surface area (Å²) in [5, 5.41) is 10.7. The third-order valence-electron chi connectivity index (χ3n) is 2.17. The number of carboxylic acid groups (broad SMARTS) is 1. The average molecular weight is 286 g/mol. The number of carbonyl (C=O) groups excluding carboxylic acids is 1. The molecular weight excluding hydrogens is 278 g/mol. The van der Waals surface area contributed by atoms with E-state index >= 15 is 0 Å². The Hall–Kier alpha value is -1.56. The minimum atomic E-state index is -1.15. The van der Waals surface area contributed by atoms with Crippen LogP contribution in [0.15, 0.2) is 18.2 Å². The smallest absolute Gasteiger partial charge is 0.409 e. The minimum Gasteiger partial charge on any atom is -0.491 e. The van der Waals surface area contributed by atoms with Crippen molar-refractivity contribution in [2.24, 2.45) is 0 Å². The van der Waals surface area contributed by atoms with Gasteiger partial charge in [0.15, 0.2) is 5.78 Å². The Labute approximate surface area is 99.5 Å². The maximum Gasteiger partial charge on any atom is 0.409 e. The zero-order valence-electron chi connectivity index (χ0n) is 8.07.